The fourth-order valence-electron chi connectivity index (χ4n) is 6.63. The zero-order valence-corrected chi connectivity index (χ0v) is 35.0. The average molecular weight is 731 g/mol. The highest BCUT2D eigenvalue weighted by Crippen LogP contribution is 2.11. The number of rotatable bonds is 41. The molecule has 52 heavy (non-hydrogen) atoms. The number of carbonyl (C=O) groups excluding carboxylic acids is 2. The van der Waals surface area contributed by atoms with Crippen LogP contribution < -0.4 is 21.3 Å². The summed E-state index contributed by atoms with van der Waals surface area (Å²) in [5.74, 6) is 0. The summed E-state index contributed by atoms with van der Waals surface area (Å²) in [6.45, 7) is 7.60. The highest BCUT2D eigenvalue weighted by Gasteiger charge is 2.01. The molecular formula is C46H90N4O2. The minimum Gasteiger partial charge on any atom is -0.338 e. The van der Waals surface area contributed by atoms with E-state index in [-0.39, 0.29) is 12.1 Å². The first kappa shape index (κ1) is 50.0. The number of unbranched alkanes of at least 4 members (excludes halogenated alkanes) is 29. The van der Waals surface area contributed by atoms with Crippen LogP contribution in [0.5, 0.6) is 0 Å². The monoisotopic (exact) mass is 731 g/mol. The molecule has 0 fully saturated rings. The summed E-state index contributed by atoms with van der Waals surface area (Å²) in [6.07, 6.45) is 52.8. The van der Waals surface area contributed by atoms with Gasteiger partial charge in [0.25, 0.3) is 0 Å². The molecule has 0 aliphatic heterocycles. The van der Waals surface area contributed by atoms with E-state index >= 15 is 0 Å². The molecule has 0 aliphatic rings. The largest absolute Gasteiger partial charge is 0.338 e. The number of amides is 4. The molecule has 306 valence electrons. The fourth-order valence-corrected chi connectivity index (χ4v) is 6.63. The van der Waals surface area contributed by atoms with Crippen molar-refractivity contribution in [3.05, 3.63) is 24.3 Å². The standard InChI is InChI=1S/C46H90N4O2/c1-3-5-7-9-11-13-15-17-19-21-23-25-27-29-33-37-41-47-45(51)49-43-39-35-31-32-36-40-44-50-46(52)48-42-38-34-30-28-26-24-22-20-18-16-14-12-10-8-6-4-2/h17-20H,3-16,21-44H2,1-2H3,(H2,47,49,51)(H2,48,50,52)/b19-17-,20-18-. The Morgan fingerprint density at radius 2 is 0.481 bits per heavy atom. The number of nitrogens with one attached hydrogen (secondary N) is 4. The zero-order valence-electron chi connectivity index (χ0n) is 35.0. The molecule has 0 heterocycles. The van der Waals surface area contributed by atoms with E-state index in [1.54, 1.807) is 0 Å². The van der Waals surface area contributed by atoms with Gasteiger partial charge in [0.15, 0.2) is 0 Å². The van der Waals surface area contributed by atoms with Gasteiger partial charge in [0.2, 0.25) is 0 Å². The number of hydrogen-bond acceptors (Lipinski definition) is 2. The summed E-state index contributed by atoms with van der Waals surface area (Å²) in [4.78, 5) is 24.0. The van der Waals surface area contributed by atoms with E-state index in [1.807, 2.05) is 0 Å². The molecule has 0 aromatic rings. The summed E-state index contributed by atoms with van der Waals surface area (Å²) in [6, 6.07) is -0.0467. The molecule has 0 radical (unpaired) electrons. The highest BCUT2D eigenvalue weighted by atomic mass is 16.2. The van der Waals surface area contributed by atoms with Crippen LogP contribution in [0, 0.1) is 0 Å². The second-order valence-corrected chi connectivity index (χ2v) is 15.4. The minimum absolute atomic E-state index is 0.0234. The minimum atomic E-state index is -0.0234. The lowest BCUT2D eigenvalue weighted by molar-refractivity contribution is 0.239. The number of allylic oxidation sites excluding steroid dienone is 4. The van der Waals surface area contributed by atoms with E-state index in [9.17, 15) is 9.59 Å². The lowest BCUT2D eigenvalue weighted by Crippen LogP contribution is -2.36. The van der Waals surface area contributed by atoms with Gasteiger partial charge in [-0.3, -0.25) is 0 Å². The van der Waals surface area contributed by atoms with Crippen LogP contribution in [0.15, 0.2) is 24.3 Å². The maximum absolute atomic E-state index is 12.0. The summed E-state index contributed by atoms with van der Waals surface area (Å²) in [5.41, 5.74) is 0. The van der Waals surface area contributed by atoms with Crippen molar-refractivity contribution in [2.24, 2.45) is 0 Å². The van der Waals surface area contributed by atoms with Gasteiger partial charge in [0, 0.05) is 26.2 Å². The van der Waals surface area contributed by atoms with Gasteiger partial charge in [-0.2, -0.15) is 0 Å². The Hall–Kier alpha value is -1.98. The van der Waals surface area contributed by atoms with Crippen LogP contribution in [0.1, 0.15) is 232 Å². The van der Waals surface area contributed by atoms with E-state index in [0.717, 1.165) is 64.7 Å². The lowest BCUT2D eigenvalue weighted by Gasteiger charge is -2.08. The Balaban J connectivity index is 3.28. The molecular weight excluding hydrogens is 641 g/mol. The number of hydrogen-bond donors (Lipinski definition) is 4. The molecule has 0 atom stereocenters. The van der Waals surface area contributed by atoms with Gasteiger partial charge in [-0.25, -0.2) is 9.59 Å². The van der Waals surface area contributed by atoms with E-state index in [4.69, 9.17) is 0 Å². The summed E-state index contributed by atoms with van der Waals surface area (Å²) in [7, 11) is 0. The average Bonchev–Trinajstić information content (AvgIpc) is 3.14. The van der Waals surface area contributed by atoms with Gasteiger partial charge in [0.1, 0.15) is 0 Å². The van der Waals surface area contributed by atoms with Crippen LogP contribution in [-0.4, -0.2) is 38.2 Å². The molecule has 0 aromatic heterocycles. The van der Waals surface area contributed by atoms with E-state index in [0.29, 0.717) is 0 Å². The highest BCUT2D eigenvalue weighted by molar-refractivity contribution is 5.74. The van der Waals surface area contributed by atoms with Crippen LogP contribution in [0.3, 0.4) is 0 Å². The maximum atomic E-state index is 12.0. The SMILES string of the molecule is CCCCCCCC/C=C\CCCCCCCCNC(=O)NCCCCCCCCNC(=O)NCCCCCCCC/C=C\CCCCCCCC. The van der Waals surface area contributed by atoms with Gasteiger partial charge in [-0.1, -0.05) is 179 Å². The van der Waals surface area contributed by atoms with Crippen molar-refractivity contribution >= 4 is 12.1 Å². The first-order valence-corrected chi connectivity index (χ1v) is 23.0. The fraction of sp³-hybridized carbons (Fsp3) is 0.870. The smallest absolute Gasteiger partial charge is 0.314 e. The van der Waals surface area contributed by atoms with Crippen molar-refractivity contribution in [2.45, 2.75) is 232 Å². The van der Waals surface area contributed by atoms with Crippen molar-refractivity contribution in [1.29, 1.82) is 0 Å². The Morgan fingerprint density at radius 3 is 0.712 bits per heavy atom. The second kappa shape index (κ2) is 45.2. The van der Waals surface area contributed by atoms with Crippen LogP contribution >= 0.6 is 0 Å². The molecule has 0 aromatic carbocycles. The summed E-state index contributed by atoms with van der Waals surface area (Å²) >= 11 is 0. The first-order valence-electron chi connectivity index (χ1n) is 23.0. The van der Waals surface area contributed by atoms with Gasteiger partial charge in [-0.05, 0) is 77.0 Å². The van der Waals surface area contributed by atoms with Crippen LogP contribution in [0.2, 0.25) is 0 Å². The van der Waals surface area contributed by atoms with Crippen molar-refractivity contribution < 1.29 is 9.59 Å². The van der Waals surface area contributed by atoms with Crippen LogP contribution in [-0.2, 0) is 0 Å². The zero-order chi connectivity index (χ0) is 37.7. The van der Waals surface area contributed by atoms with Gasteiger partial charge in [-0.15, -0.1) is 0 Å². The molecule has 0 rings (SSSR count). The predicted molar refractivity (Wildman–Crippen MR) is 229 cm³/mol. The molecule has 0 aliphatic carbocycles. The van der Waals surface area contributed by atoms with Crippen molar-refractivity contribution in [3.63, 3.8) is 0 Å². The van der Waals surface area contributed by atoms with Crippen LogP contribution in [0.4, 0.5) is 9.59 Å². The summed E-state index contributed by atoms with van der Waals surface area (Å²) < 4.78 is 0. The van der Waals surface area contributed by atoms with Gasteiger partial charge in [0.05, 0.1) is 0 Å². The molecule has 6 nitrogen and oxygen atoms in total. The molecule has 4 amide bonds. The lowest BCUT2D eigenvalue weighted by atomic mass is 10.1. The Labute approximate surface area is 324 Å². The van der Waals surface area contributed by atoms with E-state index in [2.05, 4.69) is 59.4 Å². The first-order chi connectivity index (χ1) is 25.7. The van der Waals surface area contributed by atoms with E-state index in [1.165, 1.54) is 180 Å². The molecule has 0 bridgehead atoms. The van der Waals surface area contributed by atoms with E-state index < -0.39 is 0 Å². The predicted octanol–water partition coefficient (Wildman–Crippen LogP) is 14.0. The maximum Gasteiger partial charge on any atom is 0.314 e. The molecule has 0 saturated carbocycles. The third kappa shape index (κ3) is 44.2. The molecule has 0 spiro atoms. The number of carbonyl (C=O) groups is 2. The van der Waals surface area contributed by atoms with Crippen molar-refractivity contribution in [2.75, 3.05) is 26.2 Å². The summed E-state index contributed by atoms with van der Waals surface area (Å²) in [5, 5.41) is 12.0. The quantitative estimate of drug-likeness (QED) is 0.0373. The number of urea groups is 2. The van der Waals surface area contributed by atoms with Gasteiger partial charge < -0.3 is 21.3 Å². The van der Waals surface area contributed by atoms with Gasteiger partial charge >= 0.3 is 12.1 Å². The van der Waals surface area contributed by atoms with Crippen molar-refractivity contribution in [1.82, 2.24) is 21.3 Å². The molecule has 0 unspecified atom stereocenters. The third-order valence-corrected chi connectivity index (χ3v) is 10.1. The Kier molecular flexibility index (Phi) is 43.5. The molecule has 0 saturated heterocycles. The molecule has 4 N–H and O–H groups in total. The Morgan fingerprint density at radius 1 is 0.288 bits per heavy atom. The molecule has 6 heteroatoms. The van der Waals surface area contributed by atoms with Crippen LogP contribution in [0.25, 0.3) is 0 Å². The normalized spacial score (nSPS) is 11.5. The topological polar surface area (TPSA) is 82.3 Å². The second-order valence-electron chi connectivity index (χ2n) is 15.4. The van der Waals surface area contributed by atoms with Crippen molar-refractivity contribution in [3.8, 4) is 0 Å². The Bertz CT molecular complexity index is 720. The third-order valence-electron chi connectivity index (χ3n) is 10.1.